The summed E-state index contributed by atoms with van der Waals surface area (Å²) in [5.74, 6) is 0.798. The third kappa shape index (κ3) is 5.33. The van der Waals surface area contributed by atoms with Crippen LogP contribution in [0, 0.1) is 5.92 Å². The molecule has 1 fully saturated rings. The van der Waals surface area contributed by atoms with Gasteiger partial charge in [0.05, 0.1) is 25.9 Å². The topological polar surface area (TPSA) is 50.8 Å². The number of hydrogen-bond donors (Lipinski definition) is 1. The maximum Gasteiger partial charge on any atom is 0.237 e. The summed E-state index contributed by atoms with van der Waals surface area (Å²) in [6.45, 7) is 7.53. The minimum atomic E-state index is 0.205. The summed E-state index contributed by atoms with van der Waals surface area (Å²) in [5, 5.41) is 3.26. The number of carbonyl (C=O) groups excluding carboxylic acids is 1. The Balaban J connectivity index is 2.19. The Labute approximate surface area is 110 Å². The minimum Gasteiger partial charge on any atom is -0.382 e. The van der Waals surface area contributed by atoms with Crippen molar-refractivity contribution in [1.29, 1.82) is 0 Å². The first-order valence-electron chi connectivity index (χ1n) is 6.74. The second-order valence-electron chi connectivity index (χ2n) is 5.07. The smallest absolute Gasteiger partial charge is 0.237 e. The average Bonchev–Trinajstić information content (AvgIpc) is 2.65. The fourth-order valence-corrected chi connectivity index (χ4v) is 2.11. The first-order valence-corrected chi connectivity index (χ1v) is 6.74. The van der Waals surface area contributed by atoms with Crippen molar-refractivity contribution in [1.82, 2.24) is 10.2 Å². The summed E-state index contributed by atoms with van der Waals surface area (Å²) < 4.78 is 10.3. The molecule has 0 spiro atoms. The van der Waals surface area contributed by atoms with Gasteiger partial charge < -0.3 is 14.4 Å². The van der Waals surface area contributed by atoms with E-state index in [1.54, 1.807) is 7.11 Å². The molecule has 1 aliphatic heterocycles. The summed E-state index contributed by atoms with van der Waals surface area (Å²) in [7, 11) is 1.66. The van der Waals surface area contributed by atoms with Crippen LogP contribution in [0.4, 0.5) is 0 Å². The maximum atomic E-state index is 11.7. The monoisotopic (exact) mass is 258 g/mol. The normalized spacial score (nSPS) is 20.1. The number of carbonyl (C=O) groups is 1. The van der Waals surface area contributed by atoms with E-state index in [1.165, 1.54) is 0 Å². The minimum absolute atomic E-state index is 0.205. The van der Waals surface area contributed by atoms with Gasteiger partial charge in [0.25, 0.3) is 0 Å². The van der Waals surface area contributed by atoms with Crippen LogP contribution >= 0.6 is 0 Å². The van der Waals surface area contributed by atoms with Crippen molar-refractivity contribution in [3.8, 4) is 0 Å². The standard InChI is InChI=1S/C13H26N2O3/c1-11(2)9-12-14-10-13(16)15(12)5-4-6-18-8-7-17-3/h11-12,14H,4-10H2,1-3H3. The van der Waals surface area contributed by atoms with Crippen molar-refractivity contribution in [3.05, 3.63) is 0 Å². The molecule has 1 atom stereocenters. The lowest BCUT2D eigenvalue weighted by Gasteiger charge is -2.25. The summed E-state index contributed by atoms with van der Waals surface area (Å²) >= 11 is 0. The molecule has 1 unspecified atom stereocenters. The number of ether oxygens (including phenoxy) is 2. The largest absolute Gasteiger partial charge is 0.382 e. The average molecular weight is 258 g/mol. The van der Waals surface area contributed by atoms with Crippen molar-refractivity contribution in [2.75, 3.05) is 40.0 Å². The zero-order valence-electron chi connectivity index (χ0n) is 11.8. The Morgan fingerprint density at radius 1 is 1.39 bits per heavy atom. The first kappa shape index (κ1) is 15.4. The predicted octanol–water partition coefficient (Wildman–Crippen LogP) is 0.844. The van der Waals surface area contributed by atoms with E-state index in [2.05, 4.69) is 19.2 Å². The maximum absolute atomic E-state index is 11.7. The molecular weight excluding hydrogens is 232 g/mol. The molecule has 0 saturated carbocycles. The van der Waals surface area contributed by atoms with Crippen LogP contribution in [0.3, 0.4) is 0 Å². The lowest BCUT2D eigenvalue weighted by atomic mass is 10.1. The number of nitrogens with zero attached hydrogens (tertiary/aromatic N) is 1. The summed E-state index contributed by atoms with van der Waals surface area (Å²) in [5.41, 5.74) is 0. The van der Waals surface area contributed by atoms with Crippen LogP contribution in [-0.2, 0) is 14.3 Å². The van der Waals surface area contributed by atoms with Crippen LogP contribution in [0.25, 0.3) is 0 Å². The van der Waals surface area contributed by atoms with Gasteiger partial charge in [-0.05, 0) is 18.8 Å². The molecule has 0 radical (unpaired) electrons. The molecule has 0 aromatic rings. The Bertz CT molecular complexity index is 246. The molecule has 0 aliphatic carbocycles. The van der Waals surface area contributed by atoms with E-state index >= 15 is 0 Å². The van der Waals surface area contributed by atoms with Gasteiger partial charge >= 0.3 is 0 Å². The van der Waals surface area contributed by atoms with Crippen molar-refractivity contribution >= 4 is 5.91 Å². The molecule has 106 valence electrons. The lowest BCUT2D eigenvalue weighted by Crippen LogP contribution is -2.39. The van der Waals surface area contributed by atoms with E-state index in [0.717, 1.165) is 19.4 Å². The third-order valence-corrected chi connectivity index (χ3v) is 3.00. The van der Waals surface area contributed by atoms with Gasteiger partial charge in [0.2, 0.25) is 5.91 Å². The third-order valence-electron chi connectivity index (χ3n) is 3.00. The van der Waals surface area contributed by atoms with Crippen LogP contribution < -0.4 is 5.32 Å². The van der Waals surface area contributed by atoms with Gasteiger partial charge in [-0.25, -0.2) is 0 Å². The number of amides is 1. The van der Waals surface area contributed by atoms with Crippen molar-refractivity contribution in [3.63, 3.8) is 0 Å². The summed E-state index contributed by atoms with van der Waals surface area (Å²) in [4.78, 5) is 13.7. The van der Waals surface area contributed by atoms with Gasteiger partial charge in [-0.2, -0.15) is 0 Å². The number of rotatable bonds is 9. The Morgan fingerprint density at radius 2 is 2.17 bits per heavy atom. The molecule has 1 N–H and O–H groups in total. The molecule has 0 aromatic carbocycles. The number of nitrogens with one attached hydrogen (secondary N) is 1. The fraction of sp³-hybridized carbons (Fsp3) is 0.923. The van der Waals surface area contributed by atoms with Crippen molar-refractivity contribution in [2.45, 2.75) is 32.9 Å². The molecule has 0 aromatic heterocycles. The Hall–Kier alpha value is -0.650. The summed E-state index contributed by atoms with van der Waals surface area (Å²) in [6, 6.07) is 0. The van der Waals surface area contributed by atoms with Gasteiger partial charge in [-0.1, -0.05) is 13.8 Å². The van der Waals surface area contributed by atoms with E-state index in [4.69, 9.17) is 9.47 Å². The molecule has 1 rings (SSSR count). The van der Waals surface area contributed by atoms with E-state index in [9.17, 15) is 4.79 Å². The van der Waals surface area contributed by atoms with Gasteiger partial charge in [-0.3, -0.25) is 10.1 Å². The van der Waals surface area contributed by atoms with Crippen molar-refractivity contribution < 1.29 is 14.3 Å². The first-order chi connectivity index (χ1) is 8.65. The van der Waals surface area contributed by atoms with Gasteiger partial charge in [0.1, 0.15) is 0 Å². The number of hydrogen-bond acceptors (Lipinski definition) is 4. The van der Waals surface area contributed by atoms with Gasteiger partial charge in [0.15, 0.2) is 0 Å². The highest BCUT2D eigenvalue weighted by atomic mass is 16.5. The highest BCUT2D eigenvalue weighted by Crippen LogP contribution is 2.14. The molecule has 1 aliphatic rings. The van der Waals surface area contributed by atoms with Crippen molar-refractivity contribution in [2.24, 2.45) is 5.92 Å². The van der Waals surface area contributed by atoms with E-state index < -0.39 is 0 Å². The van der Waals surface area contributed by atoms with Crippen LogP contribution in [0.5, 0.6) is 0 Å². The Morgan fingerprint density at radius 3 is 2.83 bits per heavy atom. The van der Waals surface area contributed by atoms with Crippen LogP contribution in [-0.4, -0.2) is 57.0 Å². The van der Waals surface area contributed by atoms with E-state index in [0.29, 0.717) is 32.3 Å². The molecule has 1 amide bonds. The quantitative estimate of drug-likeness (QED) is 0.623. The molecule has 0 bridgehead atoms. The highest BCUT2D eigenvalue weighted by molar-refractivity contribution is 5.80. The molecule has 1 heterocycles. The zero-order valence-corrected chi connectivity index (χ0v) is 11.8. The summed E-state index contributed by atoms with van der Waals surface area (Å²) in [6.07, 6.45) is 2.10. The second-order valence-corrected chi connectivity index (χ2v) is 5.07. The van der Waals surface area contributed by atoms with E-state index in [-0.39, 0.29) is 12.1 Å². The van der Waals surface area contributed by atoms with Gasteiger partial charge in [0, 0.05) is 20.3 Å². The van der Waals surface area contributed by atoms with Crippen LogP contribution in [0.15, 0.2) is 0 Å². The fourth-order valence-electron chi connectivity index (χ4n) is 2.11. The molecular formula is C13H26N2O3. The molecule has 18 heavy (non-hydrogen) atoms. The second kappa shape index (κ2) is 8.45. The molecule has 1 saturated heterocycles. The SMILES string of the molecule is COCCOCCCN1C(=O)CNC1CC(C)C. The lowest BCUT2D eigenvalue weighted by molar-refractivity contribution is -0.128. The number of methoxy groups -OCH3 is 1. The van der Waals surface area contributed by atoms with Crippen LogP contribution in [0.1, 0.15) is 26.7 Å². The van der Waals surface area contributed by atoms with Gasteiger partial charge in [-0.15, -0.1) is 0 Å². The molecule has 5 heteroatoms. The highest BCUT2D eigenvalue weighted by Gasteiger charge is 2.29. The predicted molar refractivity (Wildman–Crippen MR) is 70.3 cm³/mol. The molecule has 5 nitrogen and oxygen atoms in total. The van der Waals surface area contributed by atoms with Crippen LogP contribution in [0.2, 0.25) is 0 Å². The van der Waals surface area contributed by atoms with E-state index in [1.807, 2.05) is 4.90 Å². The Kier molecular flexibility index (Phi) is 7.23. The zero-order chi connectivity index (χ0) is 13.4.